The fourth-order valence-corrected chi connectivity index (χ4v) is 3.40. The van der Waals surface area contributed by atoms with Gasteiger partial charge in [0.2, 0.25) is 0 Å². The molecule has 2 rings (SSSR count). The minimum absolute atomic E-state index is 0.192. The van der Waals surface area contributed by atoms with Gasteiger partial charge in [-0.3, -0.25) is 10.6 Å². The Labute approximate surface area is 124 Å². The van der Waals surface area contributed by atoms with Crippen molar-refractivity contribution < 1.29 is 4.74 Å². The monoisotopic (exact) mass is 283 g/mol. The van der Waals surface area contributed by atoms with Crippen molar-refractivity contribution in [3.05, 3.63) is 0 Å². The SMILES string of the molecule is CC(N(C)C)C1(OC2CCCCCN2)CCCCCN1. The summed E-state index contributed by atoms with van der Waals surface area (Å²) < 4.78 is 6.64. The summed E-state index contributed by atoms with van der Waals surface area (Å²) in [6.45, 7) is 4.46. The number of nitrogens with zero attached hydrogens (tertiary/aromatic N) is 1. The summed E-state index contributed by atoms with van der Waals surface area (Å²) >= 11 is 0. The van der Waals surface area contributed by atoms with Gasteiger partial charge in [0.1, 0.15) is 12.0 Å². The molecular weight excluding hydrogens is 250 g/mol. The molecule has 0 amide bonds. The fourth-order valence-electron chi connectivity index (χ4n) is 3.40. The van der Waals surface area contributed by atoms with Gasteiger partial charge in [-0.2, -0.15) is 0 Å². The van der Waals surface area contributed by atoms with E-state index < -0.39 is 0 Å². The van der Waals surface area contributed by atoms with Gasteiger partial charge in [-0.25, -0.2) is 0 Å². The molecule has 2 heterocycles. The van der Waals surface area contributed by atoms with Crippen LogP contribution in [0.25, 0.3) is 0 Å². The molecule has 2 aliphatic heterocycles. The van der Waals surface area contributed by atoms with Crippen molar-refractivity contribution in [1.29, 1.82) is 0 Å². The molecule has 4 nitrogen and oxygen atoms in total. The van der Waals surface area contributed by atoms with E-state index in [0.717, 1.165) is 25.9 Å². The molecule has 0 radical (unpaired) electrons. The molecule has 0 bridgehead atoms. The molecular formula is C16H33N3O. The largest absolute Gasteiger partial charge is 0.341 e. The van der Waals surface area contributed by atoms with Gasteiger partial charge in [0.15, 0.2) is 0 Å². The van der Waals surface area contributed by atoms with Crippen LogP contribution >= 0.6 is 0 Å². The second-order valence-corrected chi connectivity index (χ2v) is 6.68. The van der Waals surface area contributed by atoms with Crippen LogP contribution in [0.15, 0.2) is 0 Å². The zero-order valence-electron chi connectivity index (χ0n) is 13.6. The lowest BCUT2D eigenvalue weighted by Gasteiger charge is -2.44. The Bertz CT molecular complexity index is 267. The van der Waals surface area contributed by atoms with Crippen molar-refractivity contribution in [2.45, 2.75) is 76.3 Å². The zero-order chi connectivity index (χ0) is 14.4. The Morgan fingerprint density at radius 3 is 2.60 bits per heavy atom. The van der Waals surface area contributed by atoms with E-state index in [9.17, 15) is 0 Å². The highest BCUT2D eigenvalue weighted by molar-refractivity contribution is 4.91. The van der Waals surface area contributed by atoms with Crippen molar-refractivity contribution in [3.63, 3.8) is 0 Å². The summed E-state index contributed by atoms with van der Waals surface area (Å²) in [7, 11) is 4.31. The smallest absolute Gasteiger partial charge is 0.136 e. The highest BCUT2D eigenvalue weighted by Crippen LogP contribution is 2.29. The molecule has 0 aliphatic carbocycles. The summed E-state index contributed by atoms with van der Waals surface area (Å²) in [6, 6.07) is 0.380. The van der Waals surface area contributed by atoms with Crippen LogP contribution in [0.1, 0.15) is 58.3 Å². The Morgan fingerprint density at radius 2 is 1.80 bits per heavy atom. The normalized spacial score (nSPS) is 34.5. The highest BCUT2D eigenvalue weighted by Gasteiger charge is 2.40. The number of rotatable bonds is 4. The second kappa shape index (κ2) is 7.74. The maximum absolute atomic E-state index is 6.64. The number of hydrogen-bond acceptors (Lipinski definition) is 4. The quantitative estimate of drug-likeness (QED) is 0.830. The van der Waals surface area contributed by atoms with Crippen LogP contribution in [-0.4, -0.2) is 50.1 Å². The Morgan fingerprint density at radius 1 is 1.05 bits per heavy atom. The van der Waals surface area contributed by atoms with Gasteiger partial charge in [0.05, 0.1) is 0 Å². The molecule has 0 aromatic carbocycles. The van der Waals surface area contributed by atoms with E-state index in [1.165, 1.54) is 38.5 Å². The van der Waals surface area contributed by atoms with Crippen molar-refractivity contribution in [1.82, 2.24) is 15.5 Å². The first-order chi connectivity index (χ1) is 9.64. The van der Waals surface area contributed by atoms with Gasteiger partial charge >= 0.3 is 0 Å². The molecule has 2 fully saturated rings. The highest BCUT2D eigenvalue weighted by atomic mass is 16.5. The molecule has 3 unspecified atom stereocenters. The van der Waals surface area contributed by atoms with E-state index >= 15 is 0 Å². The molecule has 2 saturated heterocycles. The van der Waals surface area contributed by atoms with Crippen LogP contribution in [0.3, 0.4) is 0 Å². The minimum Gasteiger partial charge on any atom is -0.341 e. The molecule has 0 spiro atoms. The van der Waals surface area contributed by atoms with Gasteiger partial charge < -0.3 is 9.64 Å². The molecule has 0 saturated carbocycles. The topological polar surface area (TPSA) is 36.5 Å². The molecule has 3 atom stereocenters. The maximum Gasteiger partial charge on any atom is 0.136 e. The van der Waals surface area contributed by atoms with Crippen molar-refractivity contribution >= 4 is 0 Å². The first kappa shape index (κ1) is 16.2. The average Bonchev–Trinajstić information content (AvgIpc) is 2.81. The number of nitrogens with one attached hydrogen (secondary N) is 2. The van der Waals surface area contributed by atoms with Gasteiger partial charge in [0, 0.05) is 6.04 Å². The first-order valence-electron chi connectivity index (χ1n) is 8.47. The molecule has 4 heteroatoms. The van der Waals surface area contributed by atoms with Crippen molar-refractivity contribution in [3.8, 4) is 0 Å². The van der Waals surface area contributed by atoms with Gasteiger partial charge in [0.25, 0.3) is 0 Å². The minimum atomic E-state index is -0.192. The van der Waals surface area contributed by atoms with Crippen LogP contribution in [-0.2, 0) is 4.74 Å². The molecule has 20 heavy (non-hydrogen) atoms. The number of ether oxygens (including phenoxy) is 1. The van der Waals surface area contributed by atoms with E-state index in [-0.39, 0.29) is 12.0 Å². The van der Waals surface area contributed by atoms with Gasteiger partial charge in [-0.1, -0.05) is 12.8 Å². The number of likely N-dealkylation sites (N-methyl/N-ethyl adjacent to an activating group) is 1. The zero-order valence-corrected chi connectivity index (χ0v) is 13.6. The van der Waals surface area contributed by atoms with E-state index in [1.54, 1.807) is 0 Å². The maximum atomic E-state index is 6.64. The van der Waals surface area contributed by atoms with E-state index in [0.29, 0.717) is 6.04 Å². The lowest BCUT2D eigenvalue weighted by molar-refractivity contribution is -0.161. The molecule has 0 aromatic rings. The summed E-state index contributed by atoms with van der Waals surface area (Å²) in [4.78, 5) is 2.29. The van der Waals surface area contributed by atoms with E-state index in [1.807, 2.05) is 0 Å². The average molecular weight is 283 g/mol. The fraction of sp³-hybridized carbons (Fsp3) is 1.00. The number of hydrogen-bond donors (Lipinski definition) is 2. The van der Waals surface area contributed by atoms with Gasteiger partial charge in [-0.05, 0) is 72.6 Å². The Balaban J connectivity index is 2.07. The van der Waals surface area contributed by atoms with Gasteiger partial charge in [-0.15, -0.1) is 0 Å². The van der Waals surface area contributed by atoms with Crippen molar-refractivity contribution in [2.75, 3.05) is 27.2 Å². The predicted molar refractivity (Wildman–Crippen MR) is 83.7 cm³/mol. The lowest BCUT2D eigenvalue weighted by Crippen LogP contribution is -2.62. The third-order valence-electron chi connectivity index (χ3n) is 4.97. The Kier molecular flexibility index (Phi) is 6.27. The second-order valence-electron chi connectivity index (χ2n) is 6.68. The Hall–Kier alpha value is -0.160. The van der Waals surface area contributed by atoms with Crippen molar-refractivity contribution in [2.24, 2.45) is 0 Å². The summed E-state index contributed by atoms with van der Waals surface area (Å²) in [5.74, 6) is 0. The molecule has 2 aliphatic rings. The molecule has 0 aromatic heterocycles. The van der Waals surface area contributed by atoms with Crippen LogP contribution in [0.5, 0.6) is 0 Å². The molecule has 118 valence electrons. The van der Waals surface area contributed by atoms with Crippen LogP contribution < -0.4 is 10.6 Å². The summed E-state index contributed by atoms with van der Waals surface area (Å²) in [6.07, 6.45) is 10.2. The lowest BCUT2D eigenvalue weighted by atomic mass is 9.98. The first-order valence-corrected chi connectivity index (χ1v) is 8.47. The van der Waals surface area contributed by atoms with Crippen LogP contribution in [0.2, 0.25) is 0 Å². The standard InChI is InChI=1S/C16H33N3O/c1-14(19(2)3)16(11-7-5-9-13-18-16)20-15-10-6-4-8-12-17-15/h14-15,17-18H,4-13H2,1-3H3. The van der Waals surface area contributed by atoms with Crippen LogP contribution in [0, 0.1) is 0 Å². The predicted octanol–water partition coefficient (Wildman–Crippen LogP) is 2.30. The van der Waals surface area contributed by atoms with E-state index in [4.69, 9.17) is 4.74 Å². The molecule has 2 N–H and O–H groups in total. The summed E-state index contributed by atoms with van der Waals surface area (Å²) in [5.41, 5.74) is -0.192. The van der Waals surface area contributed by atoms with E-state index in [2.05, 4.69) is 36.6 Å². The third kappa shape index (κ3) is 4.17. The van der Waals surface area contributed by atoms with Crippen LogP contribution in [0.4, 0.5) is 0 Å². The summed E-state index contributed by atoms with van der Waals surface area (Å²) in [5, 5.41) is 7.33. The third-order valence-corrected chi connectivity index (χ3v) is 4.97.